The molecule has 3 N–H and O–H groups in total. The van der Waals surface area contributed by atoms with Crippen LogP contribution in [0.3, 0.4) is 0 Å². The lowest BCUT2D eigenvalue weighted by Gasteiger charge is -2.33. The van der Waals surface area contributed by atoms with Gasteiger partial charge in [0.05, 0.1) is 18.3 Å². The third kappa shape index (κ3) is 4.82. The molecule has 6 nitrogen and oxygen atoms in total. The highest BCUT2D eigenvalue weighted by molar-refractivity contribution is 5.81. The van der Waals surface area contributed by atoms with E-state index in [4.69, 9.17) is 9.84 Å². The first kappa shape index (κ1) is 18.8. The highest BCUT2D eigenvalue weighted by atomic mass is 16.5. The van der Waals surface area contributed by atoms with Gasteiger partial charge in [0.1, 0.15) is 5.75 Å². The van der Waals surface area contributed by atoms with Crippen LogP contribution in [0.5, 0.6) is 5.75 Å². The van der Waals surface area contributed by atoms with Gasteiger partial charge < -0.3 is 15.2 Å². The summed E-state index contributed by atoms with van der Waals surface area (Å²) in [7, 11) is 0. The van der Waals surface area contributed by atoms with E-state index in [0.717, 1.165) is 42.0 Å². The Morgan fingerprint density at radius 1 is 1.25 bits per heavy atom. The maximum absolute atomic E-state index is 8.89. The molecule has 2 heterocycles. The normalized spacial score (nSPS) is 17.7. The van der Waals surface area contributed by atoms with Crippen LogP contribution in [0.1, 0.15) is 24.8 Å². The van der Waals surface area contributed by atoms with Gasteiger partial charge in [-0.2, -0.15) is 5.10 Å². The first-order valence-electron chi connectivity index (χ1n) is 10.0. The second-order valence-corrected chi connectivity index (χ2v) is 7.46. The zero-order valence-electron chi connectivity index (χ0n) is 16.1. The molecular weight excluding hydrogens is 352 g/mol. The van der Waals surface area contributed by atoms with Crippen LogP contribution < -0.4 is 10.1 Å². The van der Waals surface area contributed by atoms with Crippen LogP contribution in [0, 0.1) is 0 Å². The number of aliphatic hydroxyl groups excluding tert-OH is 1. The molecule has 0 unspecified atom stereocenters. The SMILES string of the molecule is OCCCOc1cccc(CN2CCC[C@@H](Nc3ccc4[nH]ncc4c3)C2)c1. The Hall–Kier alpha value is -2.57. The van der Waals surface area contributed by atoms with Crippen LogP contribution in [0.2, 0.25) is 0 Å². The molecule has 1 aliphatic heterocycles. The van der Waals surface area contributed by atoms with E-state index in [2.05, 4.69) is 50.7 Å². The van der Waals surface area contributed by atoms with Gasteiger partial charge in [-0.1, -0.05) is 12.1 Å². The third-order valence-electron chi connectivity index (χ3n) is 5.19. The van der Waals surface area contributed by atoms with Gasteiger partial charge in [0.15, 0.2) is 0 Å². The van der Waals surface area contributed by atoms with E-state index in [1.807, 2.05) is 18.3 Å². The Kier molecular flexibility index (Phi) is 6.09. The first-order chi connectivity index (χ1) is 13.8. The van der Waals surface area contributed by atoms with E-state index in [1.54, 1.807) is 0 Å². The Morgan fingerprint density at radius 3 is 3.14 bits per heavy atom. The first-order valence-corrected chi connectivity index (χ1v) is 10.0. The molecule has 0 radical (unpaired) electrons. The Balaban J connectivity index is 1.34. The van der Waals surface area contributed by atoms with Gasteiger partial charge in [0.2, 0.25) is 0 Å². The molecule has 0 aliphatic carbocycles. The fourth-order valence-electron chi connectivity index (χ4n) is 3.83. The van der Waals surface area contributed by atoms with Crippen molar-refractivity contribution in [2.45, 2.75) is 31.8 Å². The number of anilines is 1. The molecule has 1 saturated heterocycles. The van der Waals surface area contributed by atoms with Gasteiger partial charge in [-0.3, -0.25) is 10.00 Å². The minimum Gasteiger partial charge on any atom is -0.493 e. The largest absolute Gasteiger partial charge is 0.493 e. The lowest BCUT2D eigenvalue weighted by atomic mass is 10.0. The predicted molar refractivity (Wildman–Crippen MR) is 112 cm³/mol. The predicted octanol–water partition coefficient (Wildman–Crippen LogP) is 3.40. The summed E-state index contributed by atoms with van der Waals surface area (Å²) >= 11 is 0. The number of rotatable bonds is 8. The van der Waals surface area contributed by atoms with Gasteiger partial charge in [-0.15, -0.1) is 0 Å². The van der Waals surface area contributed by atoms with E-state index >= 15 is 0 Å². The summed E-state index contributed by atoms with van der Waals surface area (Å²) in [5, 5.41) is 20.8. The van der Waals surface area contributed by atoms with Crippen LogP contribution in [0.25, 0.3) is 10.9 Å². The third-order valence-corrected chi connectivity index (χ3v) is 5.19. The van der Waals surface area contributed by atoms with E-state index in [0.29, 0.717) is 19.1 Å². The highest BCUT2D eigenvalue weighted by Gasteiger charge is 2.20. The Labute approximate surface area is 165 Å². The van der Waals surface area contributed by atoms with Crippen molar-refractivity contribution in [1.82, 2.24) is 15.1 Å². The minimum atomic E-state index is 0.162. The molecule has 0 spiro atoms. The number of nitrogens with one attached hydrogen (secondary N) is 2. The van der Waals surface area contributed by atoms with Crippen molar-refractivity contribution >= 4 is 16.6 Å². The molecule has 1 atom stereocenters. The number of nitrogens with zero attached hydrogens (tertiary/aromatic N) is 2. The maximum Gasteiger partial charge on any atom is 0.119 e. The van der Waals surface area contributed by atoms with Crippen LogP contribution in [0.15, 0.2) is 48.7 Å². The molecule has 1 fully saturated rings. The van der Waals surface area contributed by atoms with Crippen molar-refractivity contribution in [3.05, 3.63) is 54.2 Å². The zero-order valence-corrected chi connectivity index (χ0v) is 16.1. The molecule has 0 saturated carbocycles. The molecule has 148 valence electrons. The number of hydrogen-bond donors (Lipinski definition) is 3. The van der Waals surface area contributed by atoms with E-state index < -0.39 is 0 Å². The zero-order chi connectivity index (χ0) is 19.2. The average molecular weight is 380 g/mol. The topological polar surface area (TPSA) is 73.4 Å². The molecule has 1 aliphatic rings. The van der Waals surface area contributed by atoms with Crippen molar-refractivity contribution in [3.8, 4) is 5.75 Å². The van der Waals surface area contributed by atoms with Crippen molar-refractivity contribution in [1.29, 1.82) is 0 Å². The molecule has 0 bridgehead atoms. The molecule has 1 aromatic heterocycles. The summed E-state index contributed by atoms with van der Waals surface area (Å²) in [6.07, 6.45) is 4.90. The molecule has 0 amide bonds. The molecule has 28 heavy (non-hydrogen) atoms. The Morgan fingerprint density at radius 2 is 2.21 bits per heavy atom. The number of H-pyrrole nitrogens is 1. The number of fused-ring (bicyclic) bond motifs is 1. The van der Waals surface area contributed by atoms with E-state index in [-0.39, 0.29) is 6.61 Å². The number of aromatic amines is 1. The van der Waals surface area contributed by atoms with Crippen LogP contribution >= 0.6 is 0 Å². The molecule has 2 aromatic carbocycles. The van der Waals surface area contributed by atoms with Crippen LogP contribution in [-0.2, 0) is 6.54 Å². The van der Waals surface area contributed by atoms with Crippen molar-refractivity contribution in [3.63, 3.8) is 0 Å². The lowest BCUT2D eigenvalue weighted by Crippen LogP contribution is -2.41. The summed E-state index contributed by atoms with van der Waals surface area (Å²) in [4.78, 5) is 2.50. The number of hydrogen-bond acceptors (Lipinski definition) is 5. The number of benzene rings is 2. The summed E-state index contributed by atoms with van der Waals surface area (Å²) in [5.74, 6) is 0.881. The number of aliphatic hydroxyl groups is 1. The van der Waals surface area contributed by atoms with Gasteiger partial charge in [0, 0.05) is 43.2 Å². The summed E-state index contributed by atoms with van der Waals surface area (Å²) in [6.45, 7) is 3.79. The monoisotopic (exact) mass is 380 g/mol. The molecule has 3 aromatic rings. The fourth-order valence-corrected chi connectivity index (χ4v) is 3.83. The second-order valence-electron chi connectivity index (χ2n) is 7.46. The van der Waals surface area contributed by atoms with Crippen LogP contribution in [-0.4, -0.2) is 52.5 Å². The summed E-state index contributed by atoms with van der Waals surface area (Å²) in [5.41, 5.74) is 3.49. The Bertz CT molecular complexity index is 895. The van der Waals surface area contributed by atoms with Crippen molar-refractivity contribution in [2.75, 3.05) is 31.6 Å². The maximum atomic E-state index is 8.89. The average Bonchev–Trinajstić information content (AvgIpc) is 3.17. The second kappa shape index (κ2) is 9.08. The number of likely N-dealkylation sites (tertiary alicyclic amines) is 1. The summed E-state index contributed by atoms with van der Waals surface area (Å²) < 4.78 is 5.71. The van der Waals surface area contributed by atoms with E-state index in [9.17, 15) is 0 Å². The van der Waals surface area contributed by atoms with Gasteiger partial charge in [-0.25, -0.2) is 0 Å². The van der Waals surface area contributed by atoms with Crippen LogP contribution in [0.4, 0.5) is 5.69 Å². The number of aromatic nitrogens is 2. The number of piperidine rings is 1. The van der Waals surface area contributed by atoms with Gasteiger partial charge in [0.25, 0.3) is 0 Å². The minimum absolute atomic E-state index is 0.162. The highest BCUT2D eigenvalue weighted by Crippen LogP contribution is 2.22. The van der Waals surface area contributed by atoms with Gasteiger partial charge >= 0.3 is 0 Å². The van der Waals surface area contributed by atoms with Crippen molar-refractivity contribution in [2.24, 2.45) is 0 Å². The quantitative estimate of drug-likeness (QED) is 0.523. The molecule has 6 heteroatoms. The lowest BCUT2D eigenvalue weighted by molar-refractivity contribution is 0.208. The fraction of sp³-hybridized carbons (Fsp3) is 0.409. The molecular formula is C22H28N4O2. The molecule has 4 rings (SSSR count). The standard InChI is InChI=1S/C22H28N4O2/c27-10-3-11-28-21-6-1-4-17(12-21)15-26-9-2-5-20(16-26)24-19-7-8-22-18(13-19)14-23-25-22/h1,4,6-8,12-14,20,24,27H,2-3,5,9-11,15-16H2,(H,23,25)/t20-/m1/s1. The summed E-state index contributed by atoms with van der Waals surface area (Å²) in [6, 6.07) is 15.1. The van der Waals surface area contributed by atoms with Crippen molar-refractivity contribution < 1.29 is 9.84 Å². The van der Waals surface area contributed by atoms with Gasteiger partial charge in [-0.05, 0) is 55.3 Å². The van der Waals surface area contributed by atoms with E-state index in [1.165, 1.54) is 18.4 Å². The smallest absolute Gasteiger partial charge is 0.119 e. The number of ether oxygens (including phenoxy) is 1.